The Morgan fingerprint density at radius 3 is 2.15 bits per heavy atom. The molecule has 0 N–H and O–H groups in total. The lowest BCUT2D eigenvalue weighted by Crippen LogP contribution is -2.04. The van der Waals surface area contributed by atoms with Crippen LogP contribution in [-0.4, -0.2) is 9.78 Å². The molecule has 0 atom stereocenters. The topological polar surface area (TPSA) is 17.8 Å². The van der Waals surface area contributed by atoms with Crippen LogP contribution in [0.5, 0.6) is 0 Å². The van der Waals surface area contributed by atoms with Gasteiger partial charge in [0.25, 0.3) is 0 Å². The molecule has 0 unspecified atom stereocenters. The van der Waals surface area contributed by atoms with Gasteiger partial charge in [-0.05, 0) is 42.8 Å². The molecule has 3 aromatic carbocycles. The van der Waals surface area contributed by atoms with Crippen molar-refractivity contribution in [1.82, 2.24) is 9.78 Å². The molecule has 0 radical (unpaired) electrons. The third-order valence-corrected chi connectivity index (χ3v) is 5.42. The van der Waals surface area contributed by atoms with E-state index in [0.717, 1.165) is 38.0 Å². The fraction of sp³-hybridized carbons (Fsp3) is 0.0870. The van der Waals surface area contributed by atoms with Crippen LogP contribution in [0.3, 0.4) is 0 Å². The van der Waals surface area contributed by atoms with E-state index in [9.17, 15) is 0 Å². The number of halogens is 2. The van der Waals surface area contributed by atoms with Crippen LogP contribution >= 0.6 is 31.9 Å². The van der Waals surface area contributed by atoms with Crippen molar-refractivity contribution < 1.29 is 0 Å². The maximum absolute atomic E-state index is 4.93. The Bertz CT molecular complexity index is 1100. The van der Waals surface area contributed by atoms with Crippen LogP contribution in [0, 0.1) is 6.92 Å². The Morgan fingerprint density at radius 1 is 0.778 bits per heavy atom. The Labute approximate surface area is 176 Å². The van der Waals surface area contributed by atoms with Crippen LogP contribution in [0.15, 0.2) is 87.8 Å². The van der Waals surface area contributed by atoms with Gasteiger partial charge in [-0.25, -0.2) is 0 Å². The summed E-state index contributed by atoms with van der Waals surface area (Å²) >= 11 is 7.15. The lowest BCUT2D eigenvalue weighted by molar-refractivity contribution is 0.696. The monoisotopic (exact) mass is 480 g/mol. The Hall–Kier alpha value is -2.17. The SMILES string of the molecule is Cc1cccc(Cn2nc(-c3cccc(Br)c3)cc2-c2cccc(Br)c2)c1. The number of rotatable bonds is 4. The Kier molecular flexibility index (Phi) is 5.28. The molecule has 0 fully saturated rings. The molecule has 0 bridgehead atoms. The first-order valence-electron chi connectivity index (χ1n) is 8.74. The zero-order chi connectivity index (χ0) is 18.8. The van der Waals surface area contributed by atoms with Gasteiger partial charge < -0.3 is 0 Å². The summed E-state index contributed by atoms with van der Waals surface area (Å²) < 4.78 is 4.21. The van der Waals surface area contributed by atoms with Crippen LogP contribution in [0.2, 0.25) is 0 Å². The standard InChI is InChI=1S/C23H18Br2N2/c1-16-5-2-6-17(11-16)15-27-23(19-8-4-10-21(25)13-19)14-22(26-27)18-7-3-9-20(24)12-18/h2-14H,15H2,1H3. The normalized spacial score (nSPS) is 10.9. The highest BCUT2D eigenvalue weighted by Crippen LogP contribution is 2.29. The second-order valence-electron chi connectivity index (χ2n) is 6.58. The number of hydrogen-bond donors (Lipinski definition) is 0. The molecule has 27 heavy (non-hydrogen) atoms. The van der Waals surface area contributed by atoms with Gasteiger partial charge in [0.1, 0.15) is 0 Å². The minimum atomic E-state index is 0.734. The first kappa shape index (κ1) is 18.2. The minimum absolute atomic E-state index is 0.734. The molecule has 4 rings (SSSR count). The highest BCUT2D eigenvalue weighted by Gasteiger charge is 2.13. The predicted molar refractivity (Wildman–Crippen MR) is 119 cm³/mol. The number of benzene rings is 3. The zero-order valence-electron chi connectivity index (χ0n) is 14.9. The van der Waals surface area contributed by atoms with Crippen molar-refractivity contribution in [1.29, 1.82) is 0 Å². The van der Waals surface area contributed by atoms with Gasteiger partial charge in [-0.15, -0.1) is 0 Å². The van der Waals surface area contributed by atoms with E-state index in [2.05, 4.69) is 104 Å². The summed E-state index contributed by atoms with van der Waals surface area (Å²) in [6.07, 6.45) is 0. The van der Waals surface area contributed by atoms with Crippen molar-refractivity contribution >= 4 is 31.9 Å². The number of hydrogen-bond acceptors (Lipinski definition) is 1. The summed E-state index contributed by atoms with van der Waals surface area (Å²) in [4.78, 5) is 0. The van der Waals surface area contributed by atoms with E-state index >= 15 is 0 Å². The summed E-state index contributed by atoms with van der Waals surface area (Å²) in [5.41, 5.74) is 6.83. The van der Waals surface area contributed by atoms with Crippen molar-refractivity contribution in [3.8, 4) is 22.5 Å². The summed E-state index contributed by atoms with van der Waals surface area (Å²) in [6.45, 7) is 2.85. The lowest BCUT2D eigenvalue weighted by Gasteiger charge is -2.09. The van der Waals surface area contributed by atoms with E-state index in [1.54, 1.807) is 0 Å². The van der Waals surface area contributed by atoms with Crippen molar-refractivity contribution in [3.63, 3.8) is 0 Å². The van der Waals surface area contributed by atoms with E-state index in [-0.39, 0.29) is 0 Å². The second-order valence-corrected chi connectivity index (χ2v) is 8.41. The maximum Gasteiger partial charge on any atom is 0.0930 e. The van der Waals surface area contributed by atoms with Gasteiger partial charge >= 0.3 is 0 Å². The average Bonchev–Trinajstić information content (AvgIpc) is 3.06. The summed E-state index contributed by atoms with van der Waals surface area (Å²) in [5, 5.41) is 4.93. The molecule has 134 valence electrons. The van der Waals surface area contributed by atoms with E-state index in [4.69, 9.17) is 5.10 Å². The number of aromatic nitrogens is 2. The third-order valence-electron chi connectivity index (χ3n) is 4.44. The minimum Gasteiger partial charge on any atom is -0.260 e. The molecule has 0 amide bonds. The summed E-state index contributed by atoms with van der Waals surface area (Å²) in [5.74, 6) is 0. The molecule has 0 aliphatic heterocycles. The van der Waals surface area contributed by atoms with Crippen molar-refractivity contribution in [3.05, 3.63) is 98.9 Å². The quantitative estimate of drug-likeness (QED) is 0.304. The lowest BCUT2D eigenvalue weighted by atomic mass is 10.1. The van der Waals surface area contributed by atoms with Gasteiger partial charge in [0.15, 0.2) is 0 Å². The summed E-state index contributed by atoms with van der Waals surface area (Å²) in [7, 11) is 0. The average molecular weight is 482 g/mol. The van der Waals surface area contributed by atoms with Gasteiger partial charge in [-0.3, -0.25) is 4.68 Å². The Balaban J connectivity index is 1.82. The van der Waals surface area contributed by atoms with E-state index in [0.29, 0.717) is 0 Å². The van der Waals surface area contributed by atoms with E-state index < -0.39 is 0 Å². The van der Waals surface area contributed by atoms with Gasteiger partial charge in [-0.2, -0.15) is 5.10 Å². The Morgan fingerprint density at radius 2 is 1.44 bits per heavy atom. The first-order valence-corrected chi connectivity index (χ1v) is 10.3. The molecule has 1 aromatic heterocycles. The largest absolute Gasteiger partial charge is 0.260 e. The van der Waals surface area contributed by atoms with E-state index in [1.807, 2.05) is 18.2 Å². The van der Waals surface area contributed by atoms with Crippen LogP contribution in [0.4, 0.5) is 0 Å². The summed E-state index contributed by atoms with van der Waals surface area (Å²) in [6, 6.07) is 27.4. The van der Waals surface area contributed by atoms with Gasteiger partial charge in [0.2, 0.25) is 0 Å². The number of aryl methyl sites for hydroxylation is 1. The zero-order valence-corrected chi connectivity index (χ0v) is 18.0. The molecule has 4 aromatic rings. The van der Waals surface area contributed by atoms with Gasteiger partial charge in [-0.1, -0.05) is 86.0 Å². The van der Waals surface area contributed by atoms with Crippen molar-refractivity contribution in [2.45, 2.75) is 13.5 Å². The van der Waals surface area contributed by atoms with E-state index in [1.165, 1.54) is 11.1 Å². The number of nitrogens with zero attached hydrogens (tertiary/aromatic N) is 2. The molecular formula is C23H18Br2N2. The van der Waals surface area contributed by atoms with Crippen LogP contribution < -0.4 is 0 Å². The molecule has 4 heteroatoms. The van der Waals surface area contributed by atoms with Crippen LogP contribution in [-0.2, 0) is 6.54 Å². The highest BCUT2D eigenvalue weighted by atomic mass is 79.9. The molecule has 1 heterocycles. The molecule has 0 aliphatic carbocycles. The molecule has 0 saturated carbocycles. The van der Waals surface area contributed by atoms with Crippen LogP contribution in [0.1, 0.15) is 11.1 Å². The van der Waals surface area contributed by atoms with Crippen molar-refractivity contribution in [2.24, 2.45) is 0 Å². The molecule has 0 aliphatic rings. The third kappa shape index (κ3) is 4.23. The fourth-order valence-electron chi connectivity index (χ4n) is 3.19. The molecular weight excluding hydrogens is 464 g/mol. The smallest absolute Gasteiger partial charge is 0.0930 e. The van der Waals surface area contributed by atoms with Gasteiger partial charge in [0.05, 0.1) is 17.9 Å². The maximum atomic E-state index is 4.93. The molecule has 0 saturated heterocycles. The molecule has 2 nitrogen and oxygen atoms in total. The predicted octanol–water partition coefficient (Wildman–Crippen LogP) is 7.10. The second kappa shape index (κ2) is 7.83. The highest BCUT2D eigenvalue weighted by molar-refractivity contribution is 9.10. The fourth-order valence-corrected chi connectivity index (χ4v) is 3.99. The van der Waals surface area contributed by atoms with Crippen molar-refractivity contribution in [2.75, 3.05) is 0 Å². The van der Waals surface area contributed by atoms with Crippen LogP contribution in [0.25, 0.3) is 22.5 Å². The molecule has 0 spiro atoms. The first-order chi connectivity index (χ1) is 13.1. The van der Waals surface area contributed by atoms with Gasteiger partial charge in [0, 0.05) is 20.1 Å².